The highest BCUT2D eigenvalue weighted by Gasteiger charge is 2.08. The van der Waals surface area contributed by atoms with E-state index < -0.39 is 0 Å². The molecule has 0 bridgehead atoms. The molecule has 1 N–H and O–H groups in total. The highest BCUT2D eigenvalue weighted by molar-refractivity contribution is 5.54. The Balaban J connectivity index is 2.48. The molecule has 1 aromatic rings. The molecular formula is C9H8FNO. The van der Waals surface area contributed by atoms with Gasteiger partial charge in [-0.2, -0.15) is 0 Å². The summed E-state index contributed by atoms with van der Waals surface area (Å²) in [6.45, 7) is 0.413. The third kappa shape index (κ3) is 1.13. The number of hydrogen-bond donors (Lipinski definition) is 1. The first-order valence-electron chi connectivity index (χ1n) is 3.68. The van der Waals surface area contributed by atoms with Gasteiger partial charge in [0.2, 0.25) is 0 Å². The van der Waals surface area contributed by atoms with Gasteiger partial charge in [-0.1, -0.05) is 12.1 Å². The van der Waals surface area contributed by atoms with Crippen molar-refractivity contribution in [2.24, 2.45) is 0 Å². The smallest absolute Gasteiger partial charge is 0.147 e. The molecule has 2 nitrogen and oxygen atoms in total. The maximum absolute atomic E-state index is 13.1. The highest BCUT2D eigenvalue weighted by Crippen LogP contribution is 2.22. The van der Waals surface area contributed by atoms with Crippen molar-refractivity contribution in [3.05, 3.63) is 42.0 Å². The molecule has 1 heterocycles. The van der Waals surface area contributed by atoms with E-state index in [0.717, 1.165) is 5.56 Å². The predicted octanol–water partition coefficient (Wildman–Crippen LogP) is 2.24. The number of benzene rings is 1. The van der Waals surface area contributed by atoms with Crippen LogP contribution in [0.1, 0.15) is 5.56 Å². The van der Waals surface area contributed by atoms with Crippen LogP contribution in [0.2, 0.25) is 0 Å². The fraction of sp³-hybridized carbons (Fsp3) is 0.111. The lowest BCUT2D eigenvalue weighted by Gasteiger charge is -2.05. The average molecular weight is 165 g/mol. The van der Waals surface area contributed by atoms with Crippen LogP contribution in [0, 0.1) is 5.82 Å². The Morgan fingerprint density at radius 1 is 1.42 bits per heavy atom. The van der Waals surface area contributed by atoms with Crippen molar-refractivity contribution < 1.29 is 9.13 Å². The Hall–Kier alpha value is -1.51. The van der Waals surface area contributed by atoms with E-state index in [1.807, 2.05) is 6.07 Å². The molecule has 0 atom stereocenters. The van der Waals surface area contributed by atoms with E-state index in [2.05, 4.69) is 5.32 Å². The van der Waals surface area contributed by atoms with Gasteiger partial charge in [-0.25, -0.2) is 4.39 Å². The molecule has 62 valence electrons. The van der Waals surface area contributed by atoms with E-state index in [1.54, 1.807) is 12.3 Å². The lowest BCUT2D eigenvalue weighted by atomic mass is 10.2. The molecule has 1 aromatic carbocycles. The van der Waals surface area contributed by atoms with Crippen LogP contribution in [-0.2, 0) is 11.3 Å². The molecule has 0 fully saturated rings. The molecule has 0 aliphatic carbocycles. The van der Waals surface area contributed by atoms with Gasteiger partial charge in [0.25, 0.3) is 0 Å². The number of hydrogen-bond acceptors (Lipinski definition) is 2. The molecule has 0 radical (unpaired) electrons. The van der Waals surface area contributed by atoms with Gasteiger partial charge in [-0.05, 0) is 6.07 Å². The number of nitrogens with one attached hydrogen (secondary N) is 1. The number of anilines is 1. The van der Waals surface area contributed by atoms with Crippen molar-refractivity contribution in [1.82, 2.24) is 0 Å². The molecule has 0 amide bonds. The van der Waals surface area contributed by atoms with E-state index in [4.69, 9.17) is 4.74 Å². The second-order valence-electron chi connectivity index (χ2n) is 2.53. The van der Waals surface area contributed by atoms with Crippen LogP contribution in [0.3, 0.4) is 0 Å². The van der Waals surface area contributed by atoms with Crippen molar-refractivity contribution in [1.29, 1.82) is 0 Å². The van der Waals surface area contributed by atoms with E-state index in [1.165, 1.54) is 12.3 Å². The Bertz CT molecular complexity index is 322. The number of halogens is 1. The largest absolute Gasteiger partial charge is 0.495 e. The predicted molar refractivity (Wildman–Crippen MR) is 44.0 cm³/mol. The zero-order chi connectivity index (χ0) is 8.39. The number of fused-ring (bicyclic) bond motifs is 1. The van der Waals surface area contributed by atoms with Crippen LogP contribution in [-0.4, -0.2) is 0 Å². The van der Waals surface area contributed by atoms with Crippen LogP contribution < -0.4 is 5.32 Å². The minimum absolute atomic E-state index is 0.248. The quantitative estimate of drug-likeness (QED) is 0.636. The maximum Gasteiger partial charge on any atom is 0.147 e. The molecule has 1 aliphatic heterocycles. The lowest BCUT2D eigenvalue weighted by Crippen LogP contribution is -1.95. The topological polar surface area (TPSA) is 21.3 Å². The monoisotopic (exact) mass is 165 g/mol. The third-order valence-corrected chi connectivity index (χ3v) is 1.73. The Kier molecular flexibility index (Phi) is 1.70. The number of rotatable bonds is 0. The van der Waals surface area contributed by atoms with Gasteiger partial charge in [0.15, 0.2) is 0 Å². The number of para-hydroxylation sites is 1. The number of ether oxygens (including phenoxy) is 1. The van der Waals surface area contributed by atoms with Crippen LogP contribution in [0.25, 0.3) is 0 Å². The van der Waals surface area contributed by atoms with Crippen molar-refractivity contribution in [3.63, 3.8) is 0 Å². The van der Waals surface area contributed by atoms with Gasteiger partial charge in [0.05, 0.1) is 11.9 Å². The first-order valence-corrected chi connectivity index (χ1v) is 3.68. The lowest BCUT2D eigenvalue weighted by molar-refractivity contribution is 0.238. The molecule has 0 saturated carbocycles. The summed E-state index contributed by atoms with van der Waals surface area (Å²) in [6.07, 6.45) is 3.09. The minimum atomic E-state index is -0.248. The second-order valence-corrected chi connectivity index (χ2v) is 2.53. The average Bonchev–Trinajstić information content (AvgIpc) is 2.30. The molecule has 1 aliphatic rings. The zero-order valence-electron chi connectivity index (χ0n) is 6.38. The van der Waals surface area contributed by atoms with Crippen LogP contribution in [0.5, 0.6) is 0 Å². The Labute approximate surface area is 69.7 Å². The van der Waals surface area contributed by atoms with Gasteiger partial charge in [-0.15, -0.1) is 0 Å². The molecule has 12 heavy (non-hydrogen) atoms. The van der Waals surface area contributed by atoms with Gasteiger partial charge in [0, 0.05) is 11.8 Å². The van der Waals surface area contributed by atoms with Crippen LogP contribution in [0.4, 0.5) is 10.1 Å². The van der Waals surface area contributed by atoms with Crippen molar-refractivity contribution >= 4 is 5.69 Å². The maximum atomic E-state index is 13.1. The van der Waals surface area contributed by atoms with E-state index >= 15 is 0 Å². The van der Waals surface area contributed by atoms with E-state index in [0.29, 0.717) is 12.3 Å². The van der Waals surface area contributed by atoms with Gasteiger partial charge < -0.3 is 10.1 Å². The normalized spacial score (nSPS) is 14.1. The molecule has 3 heteroatoms. The fourth-order valence-corrected chi connectivity index (χ4v) is 1.15. The highest BCUT2D eigenvalue weighted by atomic mass is 19.1. The van der Waals surface area contributed by atoms with Crippen molar-refractivity contribution in [2.45, 2.75) is 6.61 Å². The van der Waals surface area contributed by atoms with Crippen molar-refractivity contribution in [3.8, 4) is 0 Å². The van der Waals surface area contributed by atoms with Gasteiger partial charge in [-0.3, -0.25) is 0 Å². The second kappa shape index (κ2) is 2.85. The third-order valence-electron chi connectivity index (χ3n) is 1.73. The van der Waals surface area contributed by atoms with Gasteiger partial charge >= 0.3 is 0 Å². The molecule has 0 saturated heterocycles. The summed E-state index contributed by atoms with van der Waals surface area (Å²) in [5, 5.41) is 2.81. The summed E-state index contributed by atoms with van der Waals surface area (Å²) >= 11 is 0. The van der Waals surface area contributed by atoms with E-state index in [-0.39, 0.29) is 5.82 Å². The molecular weight excluding hydrogens is 157 g/mol. The van der Waals surface area contributed by atoms with Crippen LogP contribution in [0.15, 0.2) is 30.7 Å². The van der Waals surface area contributed by atoms with Crippen molar-refractivity contribution in [2.75, 3.05) is 5.32 Å². The first kappa shape index (κ1) is 7.16. The summed E-state index contributed by atoms with van der Waals surface area (Å²) < 4.78 is 18.2. The summed E-state index contributed by atoms with van der Waals surface area (Å²) in [5.74, 6) is -0.248. The van der Waals surface area contributed by atoms with E-state index in [9.17, 15) is 4.39 Å². The first-order chi connectivity index (χ1) is 5.88. The Morgan fingerprint density at radius 2 is 2.33 bits per heavy atom. The van der Waals surface area contributed by atoms with Crippen LogP contribution >= 0.6 is 0 Å². The standard InChI is InChI=1S/C9H8FNO/c10-8-3-1-2-7-6-12-5-4-11-9(7)8/h1-5,11H,6H2. The fourth-order valence-electron chi connectivity index (χ4n) is 1.15. The molecule has 0 spiro atoms. The Morgan fingerprint density at radius 3 is 3.25 bits per heavy atom. The molecule has 0 unspecified atom stereocenters. The molecule has 0 aromatic heterocycles. The summed E-state index contributed by atoms with van der Waals surface area (Å²) in [5.41, 5.74) is 1.34. The van der Waals surface area contributed by atoms with Gasteiger partial charge in [0.1, 0.15) is 12.4 Å². The SMILES string of the molecule is Fc1cccc2c1NC=COC2. The molecule has 2 rings (SSSR count). The summed E-state index contributed by atoms with van der Waals surface area (Å²) in [4.78, 5) is 0. The zero-order valence-corrected chi connectivity index (χ0v) is 6.38. The minimum Gasteiger partial charge on any atom is -0.495 e. The summed E-state index contributed by atoms with van der Waals surface area (Å²) in [7, 11) is 0. The summed E-state index contributed by atoms with van der Waals surface area (Å²) in [6, 6.07) is 4.92.